The Balaban J connectivity index is 2.13. The van der Waals surface area contributed by atoms with Crippen molar-refractivity contribution in [1.82, 2.24) is 4.98 Å². The molecule has 0 aliphatic rings. The number of anilines is 1. The van der Waals surface area contributed by atoms with Crippen molar-refractivity contribution in [3.05, 3.63) is 58.5 Å². The van der Waals surface area contributed by atoms with Gasteiger partial charge in [-0.05, 0) is 30.7 Å². The van der Waals surface area contributed by atoms with Crippen molar-refractivity contribution < 1.29 is 22.7 Å². The predicted octanol–water partition coefficient (Wildman–Crippen LogP) is 4.43. The molecule has 0 saturated heterocycles. The molecule has 23 heavy (non-hydrogen) atoms. The lowest BCUT2D eigenvalue weighted by Crippen LogP contribution is -2.25. The van der Waals surface area contributed by atoms with Gasteiger partial charge in [-0.3, -0.25) is 0 Å². The average Bonchev–Trinajstić information content (AvgIpc) is 2.48. The number of nitrogens with zero attached hydrogens (tertiary/aromatic N) is 1. The number of aromatic nitrogens is 1. The first-order valence-electron chi connectivity index (χ1n) is 6.61. The largest absolute Gasteiger partial charge is 0.417 e. The zero-order chi connectivity index (χ0) is 17.2. The Hall–Kier alpha value is -1.86. The first-order chi connectivity index (χ1) is 10.7. The summed E-state index contributed by atoms with van der Waals surface area (Å²) < 4.78 is 50.5. The van der Waals surface area contributed by atoms with Crippen LogP contribution in [0.1, 0.15) is 24.2 Å². The third-order valence-electron chi connectivity index (χ3n) is 3.22. The molecule has 2 N–H and O–H groups in total. The Morgan fingerprint density at radius 2 is 1.83 bits per heavy atom. The first kappa shape index (κ1) is 17.5. The number of pyridine rings is 1. The second kappa shape index (κ2) is 6.72. The highest BCUT2D eigenvalue weighted by molar-refractivity contribution is 6.33. The molecule has 0 fully saturated rings. The third kappa shape index (κ3) is 4.33. The Labute approximate surface area is 134 Å². The van der Waals surface area contributed by atoms with Gasteiger partial charge in [-0.1, -0.05) is 23.7 Å². The molecule has 1 aromatic heterocycles. The SMILES string of the molecule is C[C@H](Nc1ncc(C(F)(F)F)cc1Cl)[C@H](O)c1ccc(F)cc1. The average molecular weight is 349 g/mol. The molecule has 0 unspecified atom stereocenters. The number of rotatable bonds is 4. The van der Waals surface area contributed by atoms with Crippen molar-refractivity contribution in [2.45, 2.75) is 25.2 Å². The molecule has 8 heteroatoms. The Kier molecular flexibility index (Phi) is 5.11. The lowest BCUT2D eigenvalue weighted by Gasteiger charge is -2.22. The maximum absolute atomic E-state index is 12.9. The number of aliphatic hydroxyl groups excluding tert-OH is 1. The van der Waals surface area contributed by atoms with E-state index in [1.54, 1.807) is 6.92 Å². The van der Waals surface area contributed by atoms with E-state index < -0.39 is 29.7 Å². The van der Waals surface area contributed by atoms with Crippen LogP contribution in [-0.4, -0.2) is 16.1 Å². The predicted molar refractivity (Wildman–Crippen MR) is 78.7 cm³/mol. The van der Waals surface area contributed by atoms with Crippen LogP contribution in [0.2, 0.25) is 5.02 Å². The lowest BCUT2D eigenvalue weighted by atomic mass is 10.0. The zero-order valence-electron chi connectivity index (χ0n) is 11.9. The van der Waals surface area contributed by atoms with Crippen molar-refractivity contribution in [3.63, 3.8) is 0 Å². The fourth-order valence-corrected chi connectivity index (χ4v) is 2.16. The van der Waals surface area contributed by atoms with Gasteiger partial charge < -0.3 is 10.4 Å². The number of benzene rings is 1. The van der Waals surface area contributed by atoms with E-state index in [0.29, 0.717) is 11.8 Å². The van der Waals surface area contributed by atoms with E-state index in [1.165, 1.54) is 24.3 Å². The molecular formula is C15H13ClF4N2O. The van der Waals surface area contributed by atoms with Crippen molar-refractivity contribution >= 4 is 17.4 Å². The number of alkyl halides is 3. The van der Waals surface area contributed by atoms with Gasteiger partial charge in [0.05, 0.1) is 22.7 Å². The molecule has 2 aromatic rings. The molecule has 0 saturated carbocycles. The summed E-state index contributed by atoms with van der Waals surface area (Å²) >= 11 is 5.79. The van der Waals surface area contributed by atoms with Crippen LogP contribution in [0.3, 0.4) is 0 Å². The van der Waals surface area contributed by atoms with Crippen molar-refractivity contribution in [2.24, 2.45) is 0 Å². The van der Waals surface area contributed by atoms with Crippen molar-refractivity contribution in [2.75, 3.05) is 5.32 Å². The van der Waals surface area contributed by atoms with Crippen LogP contribution >= 0.6 is 11.6 Å². The Morgan fingerprint density at radius 1 is 1.22 bits per heavy atom. The molecule has 1 aromatic carbocycles. The second-order valence-corrected chi connectivity index (χ2v) is 5.39. The van der Waals surface area contributed by atoms with E-state index in [4.69, 9.17) is 11.6 Å². The molecule has 0 aliphatic carbocycles. The normalized spacial score (nSPS) is 14.4. The van der Waals surface area contributed by atoms with Crippen LogP contribution < -0.4 is 5.32 Å². The van der Waals surface area contributed by atoms with Crippen LogP contribution in [0.5, 0.6) is 0 Å². The van der Waals surface area contributed by atoms with Crippen molar-refractivity contribution in [3.8, 4) is 0 Å². The molecule has 0 bridgehead atoms. The van der Waals surface area contributed by atoms with E-state index in [0.717, 1.165) is 6.07 Å². The van der Waals surface area contributed by atoms with Gasteiger partial charge in [0.25, 0.3) is 0 Å². The van der Waals surface area contributed by atoms with Gasteiger partial charge in [-0.2, -0.15) is 13.2 Å². The molecular weight excluding hydrogens is 336 g/mol. The summed E-state index contributed by atoms with van der Waals surface area (Å²) in [6, 6.07) is 5.39. The maximum Gasteiger partial charge on any atom is 0.417 e. The Morgan fingerprint density at radius 3 is 2.35 bits per heavy atom. The number of hydrogen-bond donors (Lipinski definition) is 2. The minimum absolute atomic E-state index is 0.0216. The first-order valence-corrected chi connectivity index (χ1v) is 6.99. The fraction of sp³-hybridized carbons (Fsp3) is 0.267. The topological polar surface area (TPSA) is 45.2 Å². The smallest absolute Gasteiger partial charge is 0.386 e. The molecule has 0 radical (unpaired) electrons. The summed E-state index contributed by atoms with van der Waals surface area (Å²) in [5.41, 5.74) is -0.505. The van der Waals surface area contributed by atoms with Crippen LogP contribution in [0.4, 0.5) is 23.4 Å². The molecule has 0 amide bonds. The summed E-state index contributed by atoms with van der Waals surface area (Å²) in [5, 5.41) is 12.7. The van der Waals surface area contributed by atoms with Crippen LogP contribution in [0, 0.1) is 5.82 Å². The molecule has 0 aliphatic heterocycles. The molecule has 2 rings (SSSR count). The van der Waals surface area contributed by atoms with Gasteiger partial charge in [0, 0.05) is 6.20 Å². The van der Waals surface area contributed by atoms with E-state index in [1.807, 2.05) is 0 Å². The minimum atomic E-state index is -4.53. The van der Waals surface area contributed by atoms with Gasteiger partial charge in [-0.15, -0.1) is 0 Å². The summed E-state index contributed by atoms with van der Waals surface area (Å²) in [5.74, 6) is -0.414. The molecule has 3 nitrogen and oxygen atoms in total. The van der Waals surface area contributed by atoms with Crippen molar-refractivity contribution in [1.29, 1.82) is 0 Å². The number of aliphatic hydroxyl groups is 1. The highest BCUT2D eigenvalue weighted by atomic mass is 35.5. The summed E-state index contributed by atoms with van der Waals surface area (Å²) in [7, 11) is 0. The summed E-state index contributed by atoms with van der Waals surface area (Å²) in [6.07, 6.45) is -4.89. The molecule has 0 spiro atoms. The maximum atomic E-state index is 12.9. The monoisotopic (exact) mass is 348 g/mol. The number of hydrogen-bond acceptors (Lipinski definition) is 3. The van der Waals surface area contributed by atoms with Gasteiger partial charge in [0.1, 0.15) is 11.6 Å². The summed E-state index contributed by atoms with van der Waals surface area (Å²) in [6.45, 7) is 1.60. The van der Waals surface area contributed by atoms with E-state index >= 15 is 0 Å². The highest BCUT2D eigenvalue weighted by Gasteiger charge is 2.31. The van der Waals surface area contributed by atoms with E-state index in [2.05, 4.69) is 10.3 Å². The van der Waals surface area contributed by atoms with E-state index in [9.17, 15) is 22.7 Å². The minimum Gasteiger partial charge on any atom is -0.386 e. The van der Waals surface area contributed by atoms with Gasteiger partial charge >= 0.3 is 6.18 Å². The van der Waals surface area contributed by atoms with Crippen LogP contribution in [-0.2, 0) is 6.18 Å². The van der Waals surface area contributed by atoms with Crippen LogP contribution in [0.25, 0.3) is 0 Å². The molecule has 124 valence electrons. The van der Waals surface area contributed by atoms with Gasteiger partial charge in [0.2, 0.25) is 0 Å². The second-order valence-electron chi connectivity index (χ2n) is 4.98. The summed E-state index contributed by atoms with van der Waals surface area (Å²) in [4.78, 5) is 3.64. The Bertz CT molecular complexity index is 676. The van der Waals surface area contributed by atoms with Gasteiger partial charge in [0.15, 0.2) is 0 Å². The quantitative estimate of drug-likeness (QED) is 0.804. The standard InChI is InChI=1S/C15H13ClF4N2O/c1-8(13(23)9-2-4-11(17)5-3-9)22-14-12(16)6-10(7-21-14)15(18,19)20/h2-8,13,23H,1H3,(H,21,22)/t8-,13-/m0/s1. The molecule has 2 atom stereocenters. The lowest BCUT2D eigenvalue weighted by molar-refractivity contribution is -0.137. The van der Waals surface area contributed by atoms with Gasteiger partial charge in [-0.25, -0.2) is 9.37 Å². The molecule has 1 heterocycles. The third-order valence-corrected chi connectivity index (χ3v) is 3.51. The fourth-order valence-electron chi connectivity index (χ4n) is 1.94. The highest BCUT2D eigenvalue weighted by Crippen LogP contribution is 2.33. The number of halogens is 5. The zero-order valence-corrected chi connectivity index (χ0v) is 12.7. The van der Waals surface area contributed by atoms with Crippen LogP contribution in [0.15, 0.2) is 36.5 Å². The van der Waals surface area contributed by atoms with E-state index in [-0.39, 0.29) is 10.8 Å². The number of nitrogens with one attached hydrogen (secondary N) is 1.